The highest BCUT2D eigenvalue weighted by Gasteiger charge is 2.16. The minimum Gasteiger partial charge on any atom is -0.270 e. The van der Waals surface area contributed by atoms with Crippen molar-refractivity contribution >= 4 is 23.4 Å². The van der Waals surface area contributed by atoms with Gasteiger partial charge in [-0.3, -0.25) is 4.57 Å². The molecule has 2 aromatic heterocycles. The van der Waals surface area contributed by atoms with Crippen molar-refractivity contribution in [3.8, 4) is 0 Å². The Morgan fingerprint density at radius 2 is 2.10 bits per heavy atom. The van der Waals surface area contributed by atoms with E-state index in [4.69, 9.17) is 11.6 Å². The van der Waals surface area contributed by atoms with Crippen LogP contribution in [0.2, 0.25) is 5.15 Å². The van der Waals surface area contributed by atoms with Crippen LogP contribution in [0.4, 0.5) is 0 Å². The molecule has 0 atom stereocenters. The summed E-state index contributed by atoms with van der Waals surface area (Å²) >= 11 is 7.46. The number of H-pyrrole nitrogens is 1. The first kappa shape index (κ1) is 15.1. The zero-order valence-corrected chi connectivity index (χ0v) is 13.3. The zero-order chi connectivity index (χ0) is 14.9. The van der Waals surface area contributed by atoms with Gasteiger partial charge in [0, 0.05) is 18.0 Å². The van der Waals surface area contributed by atoms with Gasteiger partial charge in [-0.1, -0.05) is 25.4 Å². The molecule has 20 heavy (non-hydrogen) atoms. The van der Waals surface area contributed by atoms with Gasteiger partial charge in [0.15, 0.2) is 5.16 Å². The molecule has 1 N–H and O–H groups in total. The van der Waals surface area contributed by atoms with Gasteiger partial charge in [0.2, 0.25) is 0 Å². The van der Waals surface area contributed by atoms with Crippen LogP contribution in [0.1, 0.15) is 38.1 Å². The Kier molecular flexibility index (Phi) is 4.49. The SMILES string of the molecule is CCn1c(Sc2nc(C(C)C)nc(Cl)c2C)n[nH]c1=O. The number of nitrogens with zero attached hydrogens (tertiary/aromatic N) is 4. The van der Waals surface area contributed by atoms with Crippen LogP contribution in [-0.4, -0.2) is 24.7 Å². The molecule has 0 fully saturated rings. The number of aromatic nitrogens is 5. The van der Waals surface area contributed by atoms with Crippen LogP contribution in [0.15, 0.2) is 15.0 Å². The summed E-state index contributed by atoms with van der Waals surface area (Å²) < 4.78 is 1.55. The molecule has 8 heteroatoms. The van der Waals surface area contributed by atoms with E-state index in [9.17, 15) is 4.79 Å². The Balaban J connectivity index is 2.45. The van der Waals surface area contributed by atoms with Crippen LogP contribution < -0.4 is 5.69 Å². The molecule has 0 spiro atoms. The van der Waals surface area contributed by atoms with E-state index in [0.29, 0.717) is 22.7 Å². The molecular formula is C12H16ClN5OS. The molecule has 2 rings (SSSR count). The summed E-state index contributed by atoms with van der Waals surface area (Å²) in [5, 5.41) is 8.19. The normalized spacial score (nSPS) is 11.3. The van der Waals surface area contributed by atoms with E-state index in [1.807, 2.05) is 27.7 Å². The lowest BCUT2D eigenvalue weighted by Crippen LogP contribution is -2.16. The van der Waals surface area contributed by atoms with Crippen LogP contribution in [0.25, 0.3) is 0 Å². The van der Waals surface area contributed by atoms with Gasteiger partial charge < -0.3 is 0 Å². The van der Waals surface area contributed by atoms with Crippen molar-refractivity contribution in [2.75, 3.05) is 0 Å². The average molecular weight is 314 g/mol. The Morgan fingerprint density at radius 3 is 2.70 bits per heavy atom. The molecule has 2 heterocycles. The quantitative estimate of drug-likeness (QED) is 0.878. The third-order valence-electron chi connectivity index (χ3n) is 2.80. The van der Waals surface area contributed by atoms with Crippen molar-refractivity contribution in [3.05, 3.63) is 27.0 Å². The molecule has 0 saturated heterocycles. The van der Waals surface area contributed by atoms with Crippen molar-refractivity contribution < 1.29 is 0 Å². The molecule has 6 nitrogen and oxygen atoms in total. The van der Waals surface area contributed by atoms with Crippen molar-refractivity contribution in [2.24, 2.45) is 0 Å². The van der Waals surface area contributed by atoms with Gasteiger partial charge in [-0.2, -0.15) is 0 Å². The van der Waals surface area contributed by atoms with E-state index < -0.39 is 0 Å². The Bertz CT molecular complexity index is 679. The van der Waals surface area contributed by atoms with Gasteiger partial charge in [-0.05, 0) is 25.6 Å². The molecule has 108 valence electrons. The lowest BCUT2D eigenvalue weighted by Gasteiger charge is -2.10. The first-order valence-electron chi connectivity index (χ1n) is 6.31. The first-order valence-corrected chi connectivity index (χ1v) is 7.50. The third-order valence-corrected chi connectivity index (χ3v) is 4.26. The molecule has 0 aliphatic rings. The smallest absolute Gasteiger partial charge is 0.270 e. The van der Waals surface area contributed by atoms with Gasteiger partial charge in [-0.15, -0.1) is 5.10 Å². The summed E-state index contributed by atoms with van der Waals surface area (Å²) in [6.07, 6.45) is 0. The van der Waals surface area contributed by atoms with E-state index in [0.717, 1.165) is 10.6 Å². The number of halogens is 1. The molecule has 0 unspecified atom stereocenters. The highest BCUT2D eigenvalue weighted by Crippen LogP contribution is 2.30. The molecule has 0 bridgehead atoms. The minimum absolute atomic E-state index is 0.181. The van der Waals surface area contributed by atoms with Gasteiger partial charge in [0.25, 0.3) is 0 Å². The molecule has 0 amide bonds. The van der Waals surface area contributed by atoms with Crippen LogP contribution in [-0.2, 0) is 6.54 Å². The lowest BCUT2D eigenvalue weighted by atomic mass is 10.2. The fraction of sp³-hybridized carbons (Fsp3) is 0.500. The largest absolute Gasteiger partial charge is 0.343 e. The maximum Gasteiger partial charge on any atom is 0.343 e. The molecule has 0 saturated carbocycles. The third kappa shape index (κ3) is 2.88. The molecule has 0 aliphatic heterocycles. The van der Waals surface area contributed by atoms with Crippen LogP contribution in [0.3, 0.4) is 0 Å². The van der Waals surface area contributed by atoms with E-state index in [2.05, 4.69) is 20.2 Å². The number of aromatic amines is 1. The van der Waals surface area contributed by atoms with Gasteiger partial charge in [-0.25, -0.2) is 19.9 Å². The second-order valence-corrected chi connectivity index (χ2v) is 5.93. The molecule has 2 aromatic rings. The Labute approximate surface area is 126 Å². The van der Waals surface area contributed by atoms with E-state index in [1.54, 1.807) is 4.57 Å². The first-order chi connectivity index (χ1) is 9.43. The number of hydrogen-bond acceptors (Lipinski definition) is 5. The average Bonchev–Trinajstić information content (AvgIpc) is 2.74. The maximum atomic E-state index is 11.6. The van der Waals surface area contributed by atoms with Crippen LogP contribution >= 0.6 is 23.4 Å². The summed E-state index contributed by atoms with van der Waals surface area (Å²) in [7, 11) is 0. The highest BCUT2D eigenvalue weighted by atomic mass is 35.5. The summed E-state index contributed by atoms with van der Waals surface area (Å²) in [5.74, 6) is 0.865. The second kappa shape index (κ2) is 5.97. The monoisotopic (exact) mass is 313 g/mol. The van der Waals surface area contributed by atoms with Gasteiger partial charge in [0.1, 0.15) is 16.0 Å². The highest BCUT2D eigenvalue weighted by molar-refractivity contribution is 7.99. The van der Waals surface area contributed by atoms with Crippen molar-refractivity contribution in [1.29, 1.82) is 0 Å². The van der Waals surface area contributed by atoms with Crippen molar-refractivity contribution in [2.45, 2.75) is 50.3 Å². The van der Waals surface area contributed by atoms with Crippen molar-refractivity contribution in [3.63, 3.8) is 0 Å². The zero-order valence-electron chi connectivity index (χ0n) is 11.8. The molecule has 0 aliphatic carbocycles. The Morgan fingerprint density at radius 1 is 1.40 bits per heavy atom. The maximum absolute atomic E-state index is 11.6. The second-order valence-electron chi connectivity index (χ2n) is 4.62. The minimum atomic E-state index is -0.225. The predicted octanol–water partition coefficient (Wildman–Crippen LogP) is 2.62. The fourth-order valence-electron chi connectivity index (χ4n) is 1.59. The summed E-state index contributed by atoms with van der Waals surface area (Å²) in [4.78, 5) is 20.3. The number of nitrogens with one attached hydrogen (secondary N) is 1. The van der Waals surface area contributed by atoms with E-state index in [1.165, 1.54) is 11.8 Å². The standard InChI is InChI=1S/C12H16ClN5OS/c1-5-18-11(19)16-17-12(18)20-10-7(4)8(13)14-9(15-10)6(2)3/h6H,5H2,1-4H3,(H,16,19). The van der Waals surface area contributed by atoms with Crippen LogP contribution in [0.5, 0.6) is 0 Å². The van der Waals surface area contributed by atoms with Gasteiger partial charge >= 0.3 is 5.69 Å². The fourth-order valence-corrected chi connectivity index (χ4v) is 2.80. The number of hydrogen-bond donors (Lipinski definition) is 1. The van der Waals surface area contributed by atoms with E-state index >= 15 is 0 Å². The Hall–Kier alpha value is -1.34. The van der Waals surface area contributed by atoms with Gasteiger partial charge in [0.05, 0.1) is 0 Å². The summed E-state index contributed by atoms with van der Waals surface area (Å²) in [5.41, 5.74) is 0.566. The summed E-state index contributed by atoms with van der Waals surface area (Å²) in [6, 6.07) is 0. The summed E-state index contributed by atoms with van der Waals surface area (Å²) in [6.45, 7) is 8.31. The van der Waals surface area contributed by atoms with Crippen molar-refractivity contribution in [1.82, 2.24) is 24.7 Å². The molecule has 0 aromatic carbocycles. The van der Waals surface area contributed by atoms with E-state index in [-0.39, 0.29) is 11.6 Å². The topological polar surface area (TPSA) is 76.5 Å². The molecule has 0 radical (unpaired) electrons. The van der Waals surface area contributed by atoms with Crippen LogP contribution in [0, 0.1) is 6.92 Å². The predicted molar refractivity (Wildman–Crippen MR) is 78.5 cm³/mol. The lowest BCUT2D eigenvalue weighted by molar-refractivity contribution is 0.659. The number of rotatable bonds is 4. The molecular weight excluding hydrogens is 298 g/mol.